The molecule has 0 saturated carbocycles. The van der Waals surface area contributed by atoms with Crippen molar-refractivity contribution in [3.63, 3.8) is 0 Å². The largest absolute Gasteiger partial charge is 0.353 e. The maximum Gasteiger partial charge on any atom is 0.224 e. The minimum Gasteiger partial charge on any atom is -0.353 e. The number of aromatic nitrogens is 2. The molecule has 0 aromatic carbocycles. The highest BCUT2D eigenvalue weighted by Gasteiger charge is 2.18. The number of halogens is 1. The average Bonchev–Trinajstić information content (AvgIpc) is 2.56. The predicted octanol–water partition coefficient (Wildman–Crippen LogP) is 2.70. The fourth-order valence-electron chi connectivity index (χ4n) is 1.68. The van der Waals surface area contributed by atoms with Gasteiger partial charge in [0.05, 0.1) is 28.9 Å². The summed E-state index contributed by atoms with van der Waals surface area (Å²) in [6.45, 7) is 10.3. The highest BCUT2D eigenvalue weighted by atomic mass is 35.5. The molecule has 1 heterocycles. The Hall–Kier alpha value is -1.03. The lowest BCUT2D eigenvalue weighted by molar-refractivity contribution is -0.125. The van der Waals surface area contributed by atoms with Gasteiger partial charge in [0.1, 0.15) is 0 Å². The van der Waals surface area contributed by atoms with Crippen molar-refractivity contribution < 1.29 is 4.79 Å². The summed E-state index contributed by atoms with van der Waals surface area (Å²) in [5.41, 5.74) is 1.72. The van der Waals surface area contributed by atoms with Crippen molar-refractivity contribution in [1.29, 1.82) is 0 Å². The summed E-state index contributed by atoms with van der Waals surface area (Å²) in [7, 11) is 0. The molecule has 5 heteroatoms. The molecule has 102 valence electrons. The number of rotatable bonds is 5. The minimum absolute atomic E-state index is 0.0630. The van der Waals surface area contributed by atoms with E-state index in [4.69, 9.17) is 11.6 Å². The number of carbonyl (C=O) groups is 1. The summed E-state index contributed by atoms with van der Waals surface area (Å²) < 4.78 is 1.80. The topological polar surface area (TPSA) is 46.9 Å². The zero-order valence-corrected chi connectivity index (χ0v) is 12.5. The molecule has 0 radical (unpaired) electrons. The Morgan fingerprint density at radius 2 is 2.06 bits per heavy atom. The number of aryl methyl sites for hydroxylation is 1. The summed E-state index contributed by atoms with van der Waals surface area (Å²) in [6.07, 6.45) is 0.935. The quantitative estimate of drug-likeness (QED) is 0.895. The predicted molar refractivity (Wildman–Crippen MR) is 73.8 cm³/mol. The molecular weight excluding hydrogens is 250 g/mol. The van der Waals surface area contributed by atoms with Gasteiger partial charge >= 0.3 is 0 Å². The Labute approximate surface area is 114 Å². The Morgan fingerprint density at radius 3 is 2.50 bits per heavy atom. The number of nitrogens with zero attached hydrogens (tertiary/aromatic N) is 2. The first-order chi connectivity index (χ1) is 8.36. The van der Waals surface area contributed by atoms with Crippen LogP contribution in [0.3, 0.4) is 0 Å². The van der Waals surface area contributed by atoms with Gasteiger partial charge in [-0.1, -0.05) is 25.4 Å². The highest BCUT2D eigenvalue weighted by molar-refractivity contribution is 6.31. The number of hydrogen-bond donors (Lipinski definition) is 1. The van der Waals surface area contributed by atoms with Crippen molar-refractivity contribution in [2.45, 2.75) is 53.6 Å². The van der Waals surface area contributed by atoms with Crippen molar-refractivity contribution in [1.82, 2.24) is 15.1 Å². The van der Waals surface area contributed by atoms with E-state index in [0.717, 1.165) is 17.8 Å². The Bertz CT molecular complexity index is 428. The average molecular weight is 272 g/mol. The van der Waals surface area contributed by atoms with Crippen LogP contribution in [-0.4, -0.2) is 21.7 Å². The molecule has 2 atom stereocenters. The van der Waals surface area contributed by atoms with E-state index >= 15 is 0 Å². The third-order valence-electron chi connectivity index (χ3n) is 3.19. The molecule has 0 aliphatic rings. The molecule has 2 unspecified atom stereocenters. The second-order valence-corrected chi connectivity index (χ2v) is 5.26. The Kier molecular flexibility index (Phi) is 5.20. The van der Waals surface area contributed by atoms with Gasteiger partial charge in [-0.25, -0.2) is 0 Å². The molecule has 1 N–H and O–H groups in total. The van der Waals surface area contributed by atoms with Crippen LogP contribution < -0.4 is 5.32 Å². The fourth-order valence-corrected chi connectivity index (χ4v) is 1.82. The van der Waals surface area contributed by atoms with E-state index < -0.39 is 0 Å². The maximum atomic E-state index is 11.9. The first-order valence-corrected chi connectivity index (χ1v) is 6.74. The van der Waals surface area contributed by atoms with E-state index in [2.05, 4.69) is 17.3 Å². The lowest BCUT2D eigenvalue weighted by Gasteiger charge is -2.16. The molecule has 0 saturated heterocycles. The van der Waals surface area contributed by atoms with E-state index in [1.165, 1.54) is 0 Å². The van der Waals surface area contributed by atoms with Crippen molar-refractivity contribution in [2.75, 3.05) is 0 Å². The molecule has 4 nitrogen and oxygen atoms in total. The van der Waals surface area contributed by atoms with Crippen molar-refractivity contribution in [2.24, 2.45) is 5.92 Å². The van der Waals surface area contributed by atoms with E-state index in [0.29, 0.717) is 11.6 Å². The summed E-state index contributed by atoms with van der Waals surface area (Å²) in [4.78, 5) is 11.9. The molecule has 0 spiro atoms. The number of hydrogen-bond acceptors (Lipinski definition) is 2. The first-order valence-electron chi connectivity index (χ1n) is 6.36. The van der Waals surface area contributed by atoms with Crippen molar-refractivity contribution in [3.8, 4) is 0 Å². The molecule has 18 heavy (non-hydrogen) atoms. The second kappa shape index (κ2) is 6.23. The second-order valence-electron chi connectivity index (χ2n) is 4.89. The summed E-state index contributed by atoms with van der Waals surface area (Å²) >= 11 is 6.08. The smallest absolute Gasteiger partial charge is 0.224 e. The lowest BCUT2D eigenvalue weighted by Crippen LogP contribution is -2.37. The molecule has 1 aromatic heterocycles. The maximum absolute atomic E-state index is 11.9. The fraction of sp³-hybridized carbons (Fsp3) is 0.692. The van der Waals surface area contributed by atoms with Gasteiger partial charge in [0.2, 0.25) is 5.91 Å². The summed E-state index contributed by atoms with van der Waals surface area (Å²) in [6, 6.07) is 0.212. The summed E-state index contributed by atoms with van der Waals surface area (Å²) in [5, 5.41) is 8.00. The van der Waals surface area contributed by atoms with Crippen molar-refractivity contribution in [3.05, 3.63) is 16.4 Å². The van der Waals surface area contributed by atoms with Gasteiger partial charge < -0.3 is 5.32 Å². The standard InChI is InChI=1S/C13H22ClN3O/c1-6-9(3)15-13(18)8(2)7-17-11(5)12(14)10(4)16-17/h8-9H,6-7H2,1-5H3,(H,15,18). The molecule has 0 aliphatic carbocycles. The molecule has 0 fully saturated rings. The van der Waals surface area contributed by atoms with Gasteiger partial charge in [-0.2, -0.15) is 5.10 Å². The molecule has 0 aliphatic heterocycles. The van der Waals surface area contributed by atoms with Crippen LogP contribution in [0, 0.1) is 19.8 Å². The third kappa shape index (κ3) is 3.48. The van der Waals surface area contributed by atoms with Gasteiger partial charge in [-0.3, -0.25) is 9.48 Å². The molecule has 1 amide bonds. The van der Waals surface area contributed by atoms with Crippen molar-refractivity contribution >= 4 is 17.5 Å². The highest BCUT2D eigenvalue weighted by Crippen LogP contribution is 2.19. The van der Waals surface area contributed by atoms with E-state index in [-0.39, 0.29) is 17.9 Å². The van der Waals surface area contributed by atoms with E-state index in [9.17, 15) is 4.79 Å². The first kappa shape index (κ1) is 15.0. The molecular formula is C13H22ClN3O. The minimum atomic E-state index is -0.118. The van der Waals surface area contributed by atoms with Gasteiger partial charge in [0.25, 0.3) is 0 Å². The van der Waals surface area contributed by atoms with Crippen LogP contribution in [0.15, 0.2) is 0 Å². The molecule has 1 rings (SSSR count). The number of carbonyl (C=O) groups excluding carboxylic acids is 1. The van der Waals surface area contributed by atoms with Crippen LogP contribution in [0.2, 0.25) is 5.02 Å². The SMILES string of the molecule is CCC(C)NC(=O)C(C)Cn1nc(C)c(Cl)c1C. The van der Waals surface area contributed by atoms with Gasteiger partial charge in [0, 0.05) is 6.04 Å². The van der Waals surface area contributed by atoms with E-state index in [1.54, 1.807) is 4.68 Å². The van der Waals surface area contributed by atoms with Gasteiger partial charge in [-0.05, 0) is 27.2 Å². The molecule has 0 bridgehead atoms. The third-order valence-corrected chi connectivity index (χ3v) is 3.74. The van der Waals surface area contributed by atoms with Crippen LogP contribution in [-0.2, 0) is 11.3 Å². The lowest BCUT2D eigenvalue weighted by atomic mass is 10.1. The molecule has 1 aromatic rings. The Balaban J connectivity index is 2.66. The van der Waals surface area contributed by atoms with Crippen LogP contribution >= 0.6 is 11.6 Å². The van der Waals surface area contributed by atoms with Crippen LogP contribution in [0.5, 0.6) is 0 Å². The summed E-state index contributed by atoms with van der Waals surface area (Å²) in [5.74, 6) is -0.0545. The van der Waals surface area contributed by atoms with Gasteiger partial charge in [-0.15, -0.1) is 0 Å². The normalized spacial score (nSPS) is 14.3. The number of nitrogens with one attached hydrogen (secondary N) is 1. The van der Waals surface area contributed by atoms with E-state index in [1.807, 2.05) is 27.7 Å². The van der Waals surface area contributed by atoms with Crippen LogP contribution in [0.25, 0.3) is 0 Å². The van der Waals surface area contributed by atoms with Crippen LogP contribution in [0.4, 0.5) is 0 Å². The Morgan fingerprint density at radius 1 is 1.44 bits per heavy atom. The zero-order valence-electron chi connectivity index (χ0n) is 11.7. The number of amides is 1. The monoisotopic (exact) mass is 271 g/mol. The van der Waals surface area contributed by atoms with Gasteiger partial charge in [0.15, 0.2) is 0 Å². The zero-order chi connectivity index (χ0) is 13.9. The van der Waals surface area contributed by atoms with Crippen LogP contribution in [0.1, 0.15) is 38.6 Å².